The summed E-state index contributed by atoms with van der Waals surface area (Å²) in [6.07, 6.45) is 7.01. The molecule has 2 heterocycles. The van der Waals surface area contributed by atoms with Crippen LogP contribution in [0.5, 0.6) is 0 Å². The third-order valence-corrected chi connectivity index (χ3v) is 6.59. The van der Waals surface area contributed by atoms with E-state index in [1.165, 1.54) is 48.6 Å². The van der Waals surface area contributed by atoms with Crippen LogP contribution in [-0.4, -0.2) is 9.97 Å². The molecule has 174 valence electrons. The van der Waals surface area contributed by atoms with Crippen LogP contribution in [0.3, 0.4) is 0 Å². The molecule has 6 aromatic rings. The van der Waals surface area contributed by atoms with Crippen molar-refractivity contribution in [3.8, 4) is 11.1 Å². The van der Waals surface area contributed by atoms with Crippen molar-refractivity contribution in [3.05, 3.63) is 97.1 Å². The minimum Gasteiger partial charge on any atom is -0.248 e. The molecule has 2 heteroatoms. The Morgan fingerprint density at radius 3 is 1.80 bits per heavy atom. The Hall–Kier alpha value is -3.78. The number of nitrogens with zero attached hydrogens (tertiary/aromatic N) is 2. The topological polar surface area (TPSA) is 25.8 Å². The monoisotopic (exact) mass is 456 g/mol. The molecule has 35 heavy (non-hydrogen) atoms. The Bertz CT molecular complexity index is 1600. The van der Waals surface area contributed by atoms with Gasteiger partial charge in [0.2, 0.25) is 0 Å². The molecule has 0 aliphatic rings. The van der Waals surface area contributed by atoms with Crippen molar-refractivity contribution in [1.82, 2.24) is 9.97 Å². The summed E-state index contributed by atoms with van der Waals surface area (Å²) in [5.41, 5.74) is 6.49. The minimum absolute atomic E-state index is 1.02. The lowest BCUT2D eigenvalue weighted by atomic mass is 9.97. The minimum atomic E-state index is 1.02. The van der Waals surface area contributed by atoms with Crippen LogP contribution in [0.1, 0.15) is 46.0 Å². The Labute approximate surface area is 207 Å². The lowest BCUT2D eigenvalue weighted by Gasteiger charge is -2.10. The van der Waals surface area contributed by atoms with Gasteiger partial charge in [-0.3, -0.25) is 0 Å². The lowest BCUT2D eigenvalue weighted by Crippen LogP contribution is -1.87. The normalized spacial score (nSPS) is 11.1. The summed E-state index contributed by atoms with van der Waals surface area (Å²) >= 11 is 0. The van der Waals surface area contributed by atoms with Crippen molar-refractivity contribution in [2.24, 2.45) is 0 Å². The van der Waals surface area contributed by atoms with Crippen molar-refractivity contribution >= 4 is 43.6 Å². The fraction of sp³-hybridized carbons (Fsp3) is 0.212. The molecule has 0 fully saturated rings. The summed E-state index contributed by atoms with van der Waals surface area (Å²) in [6, 6.07) is 33.9. The van der Waals surface area contributed by atoms with Gasteiger partial charge in [0.25, 0.3) is 0 Å². The van der Waals surface area contributed by atoms with Crippen molar-refractivity contribution in [2.45, 2.75) is 46.0 Å². The maximum Gasteiger partial charge on any atom is 0.0715 e. The Kier molecular flexibility index (Phi) is 6.99. The molecule has 0 radical (unpaired) electrons. The molecule has 2 nitrogen and oxygen atoms in total. The SMILES string of the molecule is CCCCCCC.c1ccc2nc3ccc(-c4cccc5nc6ccccc6cc45)cc3cc2c1. The Balaban J connectivity index is 0.000000320. The second-order valence-corrected chi connectivity index (χ2v) is 9.20. The third-order valence-electron chi connectivity index (χ3n) is 6.59. The van der Waals surface area contributed by atoms with Crippen molar-refractivity contribution in [3.63, 3.8) is 0 Å². The number of rotatable bonds is 5. The summed E-state index contributed by atoms with van der Waals surface area (Å²) < 4.78 is 0. The van der Waals surface area contributed by atoms with Crippen LogP contribution in [0.4, 0.5) is 0 Å². The molecule has 0 bridgehead atoms. The summed E-state index contributed by atoms with van der Waals surface area (Å²) in [7, 11) is 0. The van der Waals surface area contributed by atoms with Crippen LogP contribution in [-0.2, 0) is 0 Å². The first kappa shape index (κ1) is 23.0. The summed E-state index contributed by atoms with van der Waals surface area (Å²) in [5.74, 6) is 0. The van der Waals surface area contributed by atoms with Crippen molar-refractivity contribution < 1.29 is 0 Å². The van der Waals surface area contributed by atoms with Gasteiger partial charge < -0.3 is 0 Å². The molecule has 6 rings (SSSR count). The highest BCUT2D eigenvalue weighted by Crippen LogP contribution is 2.32. The van der Waals surface area contributed by atoms with Gasteiger partial charge in [-0.15, -0.1) is 0 Å². The number of unbranched alkanes of at least 4 members (excludes halogenated alkanes) is 4. The van der Waals surface area contributed by atoms with E-state index in [0.29, 0.717) is 0 Å². The highest BCUT2D eigenvalue weighted by atomic mass is 14.7. The van der Waals surface area contributed by atoms with Crippen LogP contribution in [0.25, 0.3) is 54.7 Å². The molecule has 4 aromatic carbocycles. The molecule has 2 aromatic heterocycles. The standard InChI is InChI=1S/C26H16N2.C7H16/c1-3-9-23-18(6-1)15-20-14-17(12-13-25(20)27-23)21-8-5-11-26-22(21)16-19-7-2-4-10-24(19)28-26;1-3-5-7-6-4-2/h1-16H;3-7H2,1-2H3. The number of hydrogen-bond acceptors (Lipinski definition) is 2. The summed E-state index contributed by atoms with van der Waals surface area (Å²) in [6.45, 7) is 4.49. The maximum atomic E-state index is 4.85. The molecule has 0 aliphatic heterocycles. The second-order valence-electron chi connectivity index (χ2n) is 9.20. The van der Waals surface area contributed by atoms with E-state index in [2.05, 4.69) is 98.8 Å². The van der Waals surface area contributed by atoms with Gasteiger partial charge in [-0.25, -0.2) is 9.97 Å². The van der Waals surface area contributed by atoms with E-state index in [-0.39, 0.29) is 0 Å². The number of aromatic nitrogens is 2. The van der Waals surface area contributed by atoms with Gasteiger partial charge in [-0.1, -0.05) is 101 Å². The zero-order valence-corrected chi connectivity index (χ0v) is 20.7. The molecule has 0 saturated carbocycles. The zero-order valence-electron chi connectivity index (χ0n) is 20.7. The number of para-hydroxylation sites is 2. The second kappa shape index (κ2) is 10.7. The number of hydrogen-bond donors (Lipinski definition) is 0. The fourth-order valence-corrected chi connectivity index (χ4v) is 4.68. The molecule has 0 aliphatic carbocycles. The Morgan fingerprint density at radius 1 is 0.486 bits per heavy atom. The van der Waals surface area contributed by atoms with Gasteiger partial charge >= 0.3 is 0 Å². The highest BCUT2D eigenvalue weighted by Gasteiger charge is 2.08. The predicted molar refractivity (Wildman–Crippen MR) is 152 cm³/mol. The van der Waals surface area contributed by atoms with Gasteiger partial charge in [-0.2, -0.15) is 0 Å². The van der Waals surface area contributed by atoms with Gasteiger partial charge in [0.15, 0.2) is 0 Å². The van der Waals surface area contributed by atoms with E-state index in [1.54, 1.807) is 0 Å². The highest BCUT2D eigenvalue weighted by molar-refractivity contribution is 6.03. The number of fused-ring (bicyclic) bond motifs is 4. The van der Waals surface area contributed by atoms with Crippen molar-refractivity contribution in [1.29, 1.82) is 0 Å². The summed E-state index contributed by atoms with van der Waals surface area (Å²) in [5, 5.41) is 4.66. The van der Waals surface area contributed by atoms with Gasteiger partial charge in [0.1, 0.15) is 0 Å². The van der Waals surface area contributed by atoms with E-state index in [4.69, 9.17) is 9.97 Å². The molecule has 0 amide bonds. The number of pyridine rings is 2. The van der Waals surface area contributed by atoms with Crippen LogP contribution in [0.15, 0.2) is 97.1 Å². The molecular weight excluding hydrogens is 424 g/mol. The molecule has 0 N–H and O–H groups in total. The van der Waals surface area contributed by atoms with E-state index in [1.807, 2.05) is 12.1 Å². The van der Waals surface area contributed by atoms with E-state index in [9.17, 15) is 0 Å². The first-order valence-electron chi connectivity index (χ1n) is 12.9. The first-order chi connectivity index (χ1) is 17.3. The molecule has 0 saturated heterocycles. The van der Waals surface area contributed by atoms with Crippen LogP contribution in [0, 0.1) is 0 Å². The van der Waals surface area contributed by atoms with E-state index >= 15 is 0 Å². The van der Waals surface area contributed by atoms with Gasteiger partial charge in [0, 0.05) is 21.5 Å². The maximum absolute atomic E-state index is 4.85. The predicted octanol–water partition coefficient (Wildman–Crippen LogP) is 9.73. The first-order valence-corrected chi connectivity index (χ1v) is 12.9. The quantitative estimate of drug-likeness (QED) is 0.190. The zero-order chi connectivity index (χ0) is 24.0. The number of benzene rings is 4. The lowest BCUT2D eigenvalue weighted by molar-refractivity contribution is 0.656. The van der Waals surface area contributed by atoms with Gasteiger partial charge in [-0.05, 0) is 53.6 Å². The molecule has 0 atom stereocenters. The third kappa shape index (κ3) is 5.02. The summed E-state index contributed by atoms with van der Waals surface area (Å²) in [4.78, 5) is 9.66. The van der Waals surface area contributed by atoms with E-state index in [0.717, 1.165) is 38.2 Å². The fourth-order valence-electron chi connectivity index (χ4n) is 4.68. The smallest absolute Gasteiger partial charge is 0.0715 e. The largest absolute Gasteiger partial charge is 0.248 e. The average molecular weight is 457 g/mol. The van der Waals surface area contributed by atoms with Crippen molar-refractivity contribution in [2.75, 3.05) is 0 Å². The van der Waals surface area contributed by atoms with E-state index < -0.39 is 0 Å². The molecule has 0 unspecified atom stereocenters. The molecular formula is C33H32N2. The van der Waals surface area contributed by atoms with Crippen LogP contribution >= 0.6 is 0 Å². The average Bonchev–Trinajstić information content (AvgIpc) is 2.91. The molecule has 0 spiro atoms. The Morgan fingerprint density at radius 2 is 1.09 bits per heavy atom. The van der Waals surface area contributed by atoms with Gasteiger partial charge in [0.05, 0.1) is 22.1 Å². The van der Waals surface area contributed by atoms with Crippen LogP contribution < -0.4 is 0 Å². The van der Waals surface area contributed by atoms with Crippen LogP contribution in [0.2, 0.25) is 0 Å².